The third-order valence-electron chi connectivity index (χ3n) is 5.16. The van der Waals surface area contributed by atoms with Crippen LogP contribution < -0.4 is 5.43 Å². The van der Waals surface area contributed by atoms with Gasteiger partial charge in [0, 0.05) is 6.54 Å². The first-order valence-corrected chi connectivity index (χ1v) is 9.45. The van der Waals surface area contributed by atoms with Gasteiger partial charge in [-0.1, -0.05) is 13.8 Å². The zero-order chi connectivity index (χ0) is 18.1. The van der Waals surface area contributed by atoms with Gasteiger partial charge >= 0.3 is 0 Å². The summed E-state index contributed by atoms with van der Waals surface area (Å²) in [5, 5.41) is 14.4. The molecule has 4 rings (SSSR count). The molecule has 0 saturated carbocycles. The number of halogens is 2. The van der Waals surface area contributed by atoms with Crippen LogP contribution in [0.15, 0.2) is 21.7 Å². The maximum Gasteiger partial charge on any atom is 0.244 e. The van der Waals surface area contributed by atoms with E-state index >= 15 is 0 Å². The van der Waals surface area contributed by atoms with Crippen molar-refractivity contribution in [3.63, 3.8) is 0 Å². The van der Waals surface area contributed by atoms with Crippen molar-refractivity contribution >= 4 is 27.5 Å². The molecule has 3 aliphatic heterocycles. The number of piperidine rings is 3. The summed E-state index contributed by atoms with van der Waals surface area (Å²) in [6.45, 7) is 6.58. The molecular formula is C18H23BrFN3O2. The van der Waals surface area contributed by atoms with Crippen LogP contribution in [0, 0.1) is 23.6 Å². The number of aromatic hydroxyl groups is 1. The van der Waals surface area contributed by atoms with E-state index in [9.17, 15) is 14.3 Å². The summed E-state index contributed by atoms with van der Waals surface area (Å²) in [7, 11) is 0. The van der Waals surface area contributed by atoms with E-state index in [2.05, 4.69) is 31.4 Å². The highest BCUT2D eigenvalue weighted by molar-refractivity contribution is 9.10. The number of nitrogens with zero attached hydrogens (tertiary/aromatic N) is 2. The van der Waals surface area contributed by atoms with Gasteiger partial charge in [0.2, 0.25) is 5.91 Å². The third-order valence-corrected chi connectivity index (χ3v) is 5.80. The molecule has 2 bridgehead atoms. The predicted octanol–water partition coefficient (Wildman–Crippen LogP) is 3.11. The van der Waals surface area contributed by atoms with Gasteiger partial charge in [-0.05, 0) is 65.8 Å². The molecule has 5 nitrogen and oxygen atoms in total. The lowest BCUT2D eigenvalue weighted by atomic mass is 9.79. The first-order valence-electron chi connectivity index (χ1n) is 8.65. The molecule has 0 radical (unpaired) electrons. The number of phenols is 1. The molecule has 136 valence electrons. The smallest absolute Gasteiger partial charge is 0.244 e. The molecule has 25 heavy (non-hydrogen) atoms. The molecule has 1 aromatic carbocycles. The average Bonchev–Trinajstić information content (AvgIpc) is 2.61. The van der Waals surface area contributed by atoms with E-state index < -0.39 is 5.82 Å². The molecule has 0 spiro atoms. The van der Waals surface area contributed by atoms with E-state index in [0.717, 1.165) is 32.5 Å². The molecule has 1 atom stereocenters. The summed E-state index contributed by atoms with van der Waals surface area (Å²) < 4.78 is 14.7. The van der Waals surface area contributed by atoms with E-state index in [1.807, 2.05) is 13.8 Å². The van der Waals surface area contributed by atoms with Gasteiger partial charge in [-0.3, -0.25) is 4.79 Å². The van der Waals surface area contributed by atoms with Crippen LogP contribution in [-0.2, 0) is 4.79 Å². The van der Waals surface area contributed by atoms with Gasteiger partial charge in [0.05, 0.1) is 21.7 Å². The Morgan fingerprint density at radius 1 is 1.40 bits per heavy atom. The van der Waals surface area contributed by atoms with Crippen LogP contribution in [0.1, 0.15) is 32.3 Å². The zero-order valence-electron chi connectivity index (χ0n) is 14.4. The minimum Gasteiger partial charge on any atom is -0.506 e. The van der Waals surface area contributed by atoms with Gasteiger partial charge in [0.25, 0.3) is 0 Å². The number of carbonyl (C=O) groups excluding carboxylic acids is 1. The maximum absolute atomic E-state index is 14.3. The summed E-state index contributed by atoms with van der Waals surface area (Å²) in [5.41, 5.74) is 2.97. The van der Waals surface area contributed by atoms with E-state index in [0.29, 0.717) is 16.1 Å². The quantitative estimate of drug-likeness (QED) is 0.590. The average molecular weight is 412 g/mol. The normalized spacial score (nSPS) is 26.1. The Kier molecular flexibility index (Phi) is 5.43. The van der Waals surface area contributed by atoms with Crippen LogP contribution in [0.25, 0.3) is 0 Å². The Morgan fingerprint density at radius 2 is 2.08 bits per heavy atom. The van der Waals surface area contributed by atoms with Crippen LogP contribution in [0.2, 0.25) is 0 Å². The standard InChI is InChI=1S/C18H23BrFN3O2/c1-10(2)16(15-14(20)4-3-13(19)17(15)24)21-22-18(25)12-9-23-7-5-11(12)6-8-23/h3-4,10-12,24H,5-9H2,1-2H3,(H,22,25). The highest BCUT2D eigenvalue weighted by atomic mass is 79.9. The van der Waals surface area contributed by atoms with E-state index in [1.165, 1.54) is 12.1 Å². The third kappa shape index (κ3) is 3.72. The number of rotatable bonds is 4. The van der Waals surface area contributed by atoms with E-state index in [-0.39, 0.29) is 29.1 Å². The summed E-state index contributed by atoms with van der Waals surface area (Å²) >= 11 is 3.20. The Hall–Kier alpha value is -1.47. The molecule has 0 aliphatic carbocycles. The van der Waals surface area contributed by atoms with Crippen LogP contribution in [0.5, 0.6) is 5.75 Å². The molecule has 1 unspecified atom stereocenters. The summed E-state index contributed by atoms with van der Waals surface area (Å²) in [5.74, 6) is -0.724. The Labute approximate surface area is 155 Å². The predicted molar refractivity (Wildman–Crippen MR) is 97.9 cm³/mol. The number of carbonyl (C=O) groups is 1. The number of fused-ring (bicyclic) bond motifs is 3. The first kappa shape index (κ1) is 18.3. The molecule has 7 heteroatoms. The van der Waals surface area contributed by atoms with Gasteiger partial charge in [-0.15, -0.1) is 0 Å². The molecule has 3 aliphatic rings. The summed E-state index contributed by atoms with van der Waals surface area (Å²) in [6, 6.07) is 2.71. The second-order valence-electron chi connectivity index (χ2n) is 7.13. The highest BCUT2D eigenvalue weighted by Gasteiger charge is 2.38. The second kappa shape index (κ2) is 7.41. The van der Waals surface area contributed by atoms with Crippen molar-refractivity contribution in [3.05, 3.63) is 28.0 Å². The van der Waals surface area contributed by atoms with Gasteiger partial charge in [-0.25, -0.2) is 9.82 Å². The molecular weight excluding hydrogens is 389 g/mol. The van der Waals surface area contributed by atoms with E-state index in [4.69, 9.17) is 0 Å². The second-order valence-corrected chi connectivity index (χ2v) is 7.98. The molecule has 1 aromatic rings. The number of hydrazone groups is 1. The van der Waals surface area contributed by atoms with Crippen molar-refractivity contribution in [2.45, 2.75) is 26.7 Å². The van der Waals surface area contributed by atoms with Crippen molar-refractivity contribution in [2.75, 3.05) is 19.6 Å². The van der Waals surface area contributed by atoms with Crippen LogP contribution in [-0.4, -0.2) is 41.3 Å². The number of benzene rings is 1. The van der Waals surface area contributed by atoms with Crippen LogP contribution >= 0.6 is 15.9 Å². The van der Waals surface area contributed by atoms with Crippen molar-refractivity contribution in [1.29, 1.82) is 0 Å². The lowest BCUT2D eigenvalue weighted by molar-refractivity contribution is -0.131. The van der Waals surface area contributed by atoms with Crippen molar-refractivity contribution in [1.82, 2.24) is 10.3 Å². The summed E-state index contributed by atoms with van der Waals surface area (Å²) in [6.07, 6.45) is 2.08. The molecule has 3 saturated heterocycles. The summed E-state index contributed by atoms with van der Waals surface area (Å²) in [4.78, 5) is 14.9. The number of hydrogen-bond acceptors (Lipinski definition) is 4. The number of nitrogens with one attached hydrogen (secondary N) is 1. The lowest BCUT2D eigenvalue weighted by Gasteiger charge is -2.43. The van der Waals surface area contributed by atoms with Gasteiger partial charge in [0.15, 0.2) is 0 Å². The fourth-order valence-electron chi connectivity index (χ4n) is 3.72. The van der Waals surface area contributed by atoms with E-state index in [1.54, 1.807) is 0 Å². The first-order chi connectivity index (χ1) is 11.9. The minimum atomic E-state index is -0.565. The fraction of sp³-hybridized carbons (Fsp3) is 0.556. The number of amides is 1. The Balaban J connectivity index is 1.82. The molecule has 3 fully saturated rings. The van der Waals surface area contributed by atoms with Gasteiger partial charge in [0.1, 0.15) is 11.6 Å². The van der Waals surface area contributed by atoms with Gasteiger partial charge in [-0.2, -0.15) is 5.10 Å². The molecule has 0 aromatic heterocycles. The Bertz CT molecular complexity index is 700. The maximum atomic E-state index is 14.3. The monoisotopic (exact) mass is 411 g/mol. The largest absolute Gasteiger partial charge is 0.506 e. The molecule has 2 N–H and O–H groups in total. The van der Waals surface area contributed by atoms with Crippen LogP contribution in [0.3, 0.4) is 0 Å². The van der Waals surface area contributed by atoms with Gasteiger partial charge < -0.3 is 10.0 Å². The molecule has 1 amide bonds. The van der Waals surface area contributed by atoms with Crippen molar-refractivity contribution in [2.24, 2.45) is 22.9 Å². The Morgan fingerprint density at radius 3 is 2.64 bits per heavy atom. The SMILES string of the molecule is CC(C)C(=NNC(=O)C1CN2CCC1CC2)c1c(F)ccc(Br)c1O. The van der Waals surface area contributed by atoms with Crippen LogP contribution in [0.4, 0.5) is 4.39 Å². The highest BCUT2D eigenvalue weighted by Crippen LogP contribution is 2.33. The van der Waals surface area contributed by atoms with Crippen molar-refractivity contribution in [3.8, 4) is 5.75 Å². The van der Waals surface area contributed by atoms with Crippen molar-refractivity contribution < 1.29 is 14.3 Å². The molecule has 3 heterocycles. The minimum absolute atomic E-state index is 0.0265. The number of hydrogen-bond donors (Lipinski definition) is 2. The topological polar surface area (TPSA) is 64.9 Å². The lowest BCUT2D eigenvalue weighted by Crippen LogP contribution is -2.52. The fourth-order valence-corrected chi connectivity index (χ4v) is 4.05. The number of phenolic OH excluding ortho intramolecular Hbond substituents is 1. The zero-order valence-corrected chi connectivity index (χ0v) is 16.0.